The third-order valence-electron chi connectivity index (χ3n) is 6.95. The molecule has 1 N–H and O–H groups in total. The van der Waals surface area contributed by atoms with Gasteiger partial charge in [-0.2, -0.15) is 0 Å². The molecule has 0 saturated carbocycles. The number of nitrogens with zero attached hydrogens (tertiary/aromatic N) is 4. The maximum absolute atomic E-state index is 15.8. The Morgan fingerprint density at radius 3 is 2.79 bits per heavy atom. The van der Waals surface area contributed by atoms with Gasteiger partial charge in [0.15, 0.2) is 5.82 Å². The SMILES string of the molecule is C#Cc1c(F)ccc2cccc(-c3ncc4c(N5C[C@@H]6[C@H]5CCN6C(=O)O)ccnc4c3F)c12. The second-order valence-electron chi connectivity index (χ2n) is 8.54. The van der Waals surface area contributed by atoms with Crippen molar-refractivity contribution in [1.82, 2.24) is 14.9 Å². The normalized spacial score (nSPS) is 19.2. The van der Waals surface area contributed by atoms with Crippen LogP contribution in [0.25, 0.3) is 32.9 Å². The Balaban J connectivity index is 1.48. The van der Waals surface area contributed by atoms with Crippen molar-refractivity contribution in [3.8, 4) is 23.6 Å². The van der Waals surface area contributed by atoms with Crippen molar-refractivity contribution in [2.24, 2.45) is 0 Å². The van der Waals surface area contributed by atoms with Crippen LogP contribution in [0, 0.1) is 24.0 Å². The van der Waals surface area contributed by atoms with E-state index >= 15 is 4.39 Å². The van der Waals surface area contributed by atoms with E-state index in [2.05, 4.69) is 20.8 Å². The molecule has 8 heteroatoms. The minimum atomic E-state index is -0.915. The highest BCUT2D eigenvalue weighted by atomic mass is 19.1. The maximum Gasteiger partial charge on any atom is 0.407 e. The summed E-state index contributed by atoms with van der Waals surface area (Å²) in [5.41, 5.74) is 1.42. The number of amides is 1. The van der Waals surface area contributed by atoms with E-state index in [1.807, 2.05) is 0 Å². The molecular weight excluding hydrogens is 438 g/mol. The molecule has 0 unspecified atom stereocenters. The van der Waals surface area contributed by atoms with E-state index in [1.165, 1.54) is 17.2 Å². The summed E-state index contributed by atoms with van der Waals surface area (Å²) in [6.45, 7) is 1.02. The topological polar surface area (TPSA) is 69.6 Å². The van der Waals surface area contributed by atoms with E-state index < -0.39 is 17.7 Å². The molecule has 168 valence electrons. The second-order valence-corrected chi connectivity index (χ2v) is 8.54. The zero-order chi connectivity index (χ0) is 23.6. The molecule has 6 rings (SSSR count). The Morgan fingerprint density at radius 1 is 1.15 bits per heavy atom. The quantitative estimate of drug-likeness (QED) is 0.445. The molecule has 1 amide bonds. The number of carboxylic acid groups (broad SMARTS) is 1. The number of anilines is 1. The molecule has 0 radical (unpaired) electrons. The Kier molecular flexibility index (Phi) is 4.42. The van der Waals surface area contributed by atoms with E-state index in [9.17, 15) is 14.3 Å². The van der Waals surface area contributed by atoms with Crippen LogP contribution in [-0.2, 0) is 0 Å². The summed E-state index contributed by atoms with van der Waals surface area (Å²) in [6, 6.07) is 9.89. The van der Waals surface area contributed by atoms with E-state index in [4.69, 9.17) is 6.42 Å². The number of hydrogen-bond acceptors (Lipinski definition) is 4. The minimum absolute atomic E-state index is 0.0451. The highest BCUT2D eigenvalue weighted by Crippen LogP contribution is 2.41. The van der Waals surface area contributed by atoms with Gasteiger partial charge in [0, 0.05) is 47.5 Å². The van der Waals surface area contributed by atoms with Crippen LogP contribution in [0.4, 0.5) is 19.3 Å². The van der Waals surface area contributed by atoms with Crippen molar-refractivity contribution in [2.75, 3.05) is 18.0 Å². The van der Waals surface area contributed by atoms with Gasteiger partial charge in [0.25, 0.3) is 0 Å². The molecule has 2 aliphatic rings. The number of fused-ring (bicyclic) bond motifs is 3. The fourth-order valence-electron chi connectivity index (χ4n) is 5.33. The summed E-state index contributed by atoms with van der Waals surface area (Å²) in [5, 5.41) is 11.0. The van der Waals surface area contributed by atoms with Crippen molar-refractivity contribution in [1.29, 1.82) is 0 Å². The number of rotatable bonds is 2. The molecule has 0 aliphatic carbocycles. The summed E-state index contributed by atoms with van der Waals surface area (Å²) in [4.78, 5) is 23.7. The maximum atomic E-state index is 15.8. The van der Waals surface area contributed by atoms with Crippen LogP contribution >= 0.6 is 0 Å². The number of pyridine rings is 2. The zero-order valence-electron chi connectivity index (χ0n) is 17.9. The van der Waals surface area contributed by atoms with Crippen molar-refractivity contribution in [2.45, 2.75) is 18.5 Å². The highest BCUT2D eigenvalue weighted by Gasteiger charge is 2.49. The van der Waals surface area contributed by atoms with Crippen LogP contribution in [0.5, 0.6) is 0 Å². The third-order valence-corrected chi connectivity index (χ3v) is 6.95. The van der Waals surface area contributed by atoms with Gasteiger partial charge in [0.2, 0.25) is 0 Å². The van der Waals surface area contributed by atoms with Crippen LogP contribution in [-0.4, -0.2) is 51.2 Å². The van der Waals surface area contributed by atoms with Crippen LogP contribution in [0.3, 0.4) is 0 Å². The number of terminal acetylenes is 1. The Bertz CT molecular complexity index is 1550. The highest BCUT2D eigenvalue weighted by molar-refractivity contribution is 6.02. The molecule has 2 aromatic heterocycles. The smallest absolute Gasteiger partial charge is 0.407 e. The Hall–Kier alpha value is -4.25. The predicted molar refractivity (Wildman–Crippen MR) is 125 cm³/mol. The van der Waals surface area contributed by atoms with Gasteiger partial charge < -0.3 is 14.9 Å². The summed E-state index contributed by atoms with van der Waals surface area (Å²) >= 11 is 0. The standard InChI is InChI=1S/C26H18F2N4O2/c1-2-15-18(27)7-6-14-4-3-5-16(22(14)15)24-23(28)25-17(12-30-24)19(8-10-29-25)32-13-21-20(32)9-11-31(21)26(33)34/h1,3-8,10,12,20-21H,9,11,13H2,(H,33,34)/t20-,21-/m1/s1. The number of benzene rings is 2. The molecule has 2 fully saturated rings. The summed E-state index contributed by atoms with van der Waals surface area (Å²) in [5.74, 6) is 1.22. The molecular formula is C26H18F2N4O2. The Morgan fingerprint density at radius 2 is 2.00 bits per heavy atom. The molecule has 34 heavy (non-hydrogen) atoms. The fraction of sp³-hybridized carbons (Fsp3) is 0.192. The average Bonchev–Trinajstić information content (AvgIpc) is 3.16. The molecule has 0 bridgehead atoms. The lowest BCUT2D eigenvalue weighted by atomic mass is 9.94. The monoisotopic (exact) mass is 456 g/mol. The van der Waals surface area contributed by atoms with Gasteiger partial charge in [0.05, 0.1) is 17.6 Å². The van der Waals surface area contributed by atoms with Crippen LogP contribution in [0.1, 0.15) is 12.0 Å². The van der Waals surface area contributed by atoms with Crippen molar-refractivity contribution < 1.29 is 18.7 Å². The van der Waals surface area contributed by atoms with Gasteiger partial charge in [-0.3, -0.25) is 9.97 Å². The summed E-state index contributed by atoms with van der Waals surface area (Å²) in [7, 11) is 0. The minimum Gasteiger partial charge on any atom is -0.465 e. The number of carbonyl (C=O) groups is 1. The van der Waals surface area contributed by atoms with Crippen molar-refractivity contribution >= 4 is 33.5 Å². The predicted octanol–water partition coefficient (Wildman–Crippen LogP) is 4.65. The van der Waals surface area contributed by atoms with Crippen LogP contribution in [0.2, 0.25) is 0 Å². The van der Waals surface area contributed by atoms with Crippen LogP contribution in [0.15, 0.2) is 48.8 Å². The number of hydrogen-bond donors (Lipinski definition) is 1. The molecule has 0 spiro atoms. The van der Waals surface area contributed by atoms with Gasteiger partial charge >= 0.3 is 6.09 Å². The van der Waals surface area contributed by atoms with E-state index in [1.54, 1.807) is 36.5 Å². The van der Waals surface area contributed by atoms with Crippen molar-refractivity contribution in [3.05, 3.63) is 66.0 Å². The van der Waals surface area contributed by atoms with Crippen molar-refractivity contribution in [3.63, 3.8) is 0 Å². The van der Waals surface area contributed by atoms with Gasteiger partial charge in [0.1, 0.15) is 17.0 Å². The van der Waals surface area contributed by atoms with E-state index in [-0.39, 0.29) is 28.9 Å². The first-order valence-electron chi connectivity index (χ1n) is 10.9. The third kappa shape index (κ3) is 2.76. The molecule has 2 aromatic carbocycles. The zero-order valence-corrected chi connectivity index (χ0v) is 17.9. The largest absolute Gasteiger partial charge is 0.465 e. The molecule has 2 atom stereocenters. The lowest BCUT2D eigenvalue weighted by Crippen LogP contribution is -2.62. The van der Waals surface area contributed by atoms with Crippen LogP contribution < -0.4 is 4.90 Å². The number of halogens is 2. The molecule has 6 nitrogen and oxygen atoms in total. The first-order chi connectivity index (χ1) is 16.5. The van der Waals surface area contributed by atoms with Gasteiger partial charge in [-0.15, -0.1) is 6.42 Å². The lowest BCUT2D eigenvalue weighted by Gasteiger charge is -2.47. The first-order valence-corrected chi connectivity index (χ1v) is 10.9. The molecule has 2 saturated heterocycles. The van der Waals surface area contributed by atoms with Gasteiger partial charge in [-0.1, -0.05) is 30.2 Å². The molecule has 4 heterocycles. The molecule has 2 aliphatic heterocycles. The second kappa shape index (κ2) is 7.39. The van der Waals surface area contributed by atoms with Gasteiger partial charge in [-0.05, 0) is 23.9 Å². The number of likely N-dealkylation sites (tertiary alicyclic amines) is 1. The van der Waals surface area contributed by atoms with Gasteiger partial charge in [-0.25, -0.2) is 13.6 Å². The fourth-order valence-corrected chi connectivity index (χ4v) is 5.33. The lowest BCUT2D eigenvalue weighted by molar-refractivity contribution is 0.129. The Labute approximate surface area is 193 Å². The average molecular weight is 456 g/mol. The summed E-state index contributed by atoms with van der Waals surface area (Å²) in [6.07, 6.45) is 8.48. The summed E-state index contributed by atoms with van der Waals surface area (Å²) < 4.78 is 30.3. The first kappa shape index (κ1) is 20.4. The number of aromatic nitrogens is 2. The van der Waals surface area contributed by atoms with E-state index in [0.29, 0.717) is 41.2 Å². The molecule has 4 aromatic rings. The van der Waals surface area contributed by atoms with E-state index in [0.717, 1.165) is 5.69 Å².